The number of fused-ring (bicyclic) bond motifs is 3. The van der Waals surface area contributed by atoms with Crippen LogP contribution in [-0.2, 0) is 25.5 Å². The standard InChI is InChI=1S/C28H24NO.C18H24NSi.Ir/c1-18(2)19(3)21-14-15-29-26(16-21)25-11-7-10-24-23-13-12-22(17-27(23)30-28(24)25)20-8-5-4-6-9-20;1-18(2,3)15-9-7-8-14(12-15)17-11-10-16(13-19-17)20(4,5)6;/h4-10,12-19H,1-3H3;7,9-13H,1-6H3;/q2*-1;. The molecule has 0 saturated heterocycles. The monoisotopic (exact) mass is 865 g/mol. The van der Waals surface area contributed by atoms with Gasteiger partial charge in [-0.2, -0.15) is 0 Å². The molecule has 263 valence electrons. The van der Waals surface area contributed by atoms with Gasteiger partial charge in [0.1, 0.15) is 5.58 Å². The van der Waals surface area contributed by atoms with E-state index >= 15 is 0 Å². The van der Waals surface area contributed by atoms with Crippen LogP contribution in [0.1, 0.15) is 58.6 Å². The van der Waals surface area contributed by atoms with Gasteiger partial charge >= 0.3 is 0 Å². The molecule has 1 atom stereocenters. The first kappa shape index (κ1) is 38.1. The topological polar surface area (TPSA) is 38.9 Å². The number of furan rings is 1. The molecule has 5 heteroatoms. The van der Waals surface area contributed by atoms with Crippen molar-refractivity contribution >= 4 is 35.2 Å². The maximum absolute atomic E-state index is 6.38. The van der Waals surface area contributed by atoms with Crippen LogP contribution >= 0.6 is 0 Å². The molecule has 3 aromatic heterocycles. The molecule has 0 amide bonds. The van der Waals surface area contributed by atoms with Crippen LogP contribution in [0.3, 0.4) is 0 Å². The average molecular weight is 865 g/mol. The quantitative estimate of drug-likeness (QED) is 0.123. The Morgan fingerprint density at radius 2 is 1.45 bits per heavy atom. The average Bonchev–Trinajstić information content (AvgIpc) is 3.49. The minimum absolute atomic E-state index is 0. The van der Waals surface area contributed by atoms with Gasteiger partial charge in [-0.1, -0.05) is 138 Å². The van der Waals surface area contributed by atoms with Crippen molar-refractivity contribution in [2.75, 3.05) is 0 Å². The van der Waals surface area contributed by atoms with Gasteiger partial charge in [-0.05, 0) is 57.1 Å². The summed E-state index contributed by atoms with van der Waals surface area (Å²) in [7, 11) is -1.27. The Morgan fingerprint density at radius 3 is 2.12 bits per heavy atom. The van der Waals surface area contributed by atoms with Gasteiger partial charge in [0, 0.05) is 37.9 Å². The van der Waals surface area contributed by atoms with Crippen LogP contribution in [0, 0.1) is 18.1 Å². The third-order valence-corrected chi connectivity index (χ3v) is 11.7. The number of aromatic nitrogens is 2. The molecule has 1 unspecified atom stereocenters. The van der Waals surface area contributed by atoms with E-state index in [1.54, 1.807) is 0 Å². The van der Waals surface area contributed by atoms with Crippen LogP contribution in [0.5, 0.6) is 0 Å². The zero-order valence-corrected chi connectivity index (χ0v) is 34.7. The van der Waals surface area contributed by atoms with E-state index in [4.69, 9.17) is 4.42 Å². The van der Waals surface area contributed by atoms with Gasteiger partial charge in [0.05, 0.1) is 13.7 Å². The van der Waals surface area contributed by atoms with Gasteiger partial charge in [0.15, 0.2) is 0 Å². The first-order valence-electron chi connectivity index (χ1n) is 17.7. The summed E-state index contributed by atoms with van der Waals surface area (Å²) in [5, 5.41) is 3.61. The van der Waals surface area contributed by atoms with Crippen LogP contribution in [0.2, 0.25) is 19.6 Å². The SMILES string of the molecule is CC(C)(C)c1cc[c-]c(-c2ccc([Si](C)(C)C)cn2)c1.CC(C)C(C)c1ccnc(-c2[c-]ccc3c2oc2cc(-c4ccccc4)ccc23)c1.[Ir]. The Bertz CT molecular complexity index is 2230. The van der Waals surface area contributed by atoms with Crippen molar-refractivity contribution in [3.8, 4) is 33.6 Å². The van der Waals surface area contributed by atoms with Gasteiger partial charge in [0.2, 0.25) is 0 Å². The number of nitrogens with zero attached hydrogens (tertiary/aromatic N) is 2. The molecule has 0 N–H and O–H groups in total. The molecule has 0 aliphatic rings. The second-order valence-corrected chi connectivity index (χ2v) is 20.8. The fourth-order valence-electron chi connectivity index (χ4n) is 6.07. The van der Waals surface area contributed by atoms with E-state index in [1.165, 1.54) is 21.9 Å². The fraction of sp³-hybridized carbons (Fsp3) is 0.261. The summed E-state index contributed by atoms with van der Waals surface area (Å²) < 4.78 is 6.38. The number of pyridine rings is 2. The molecule has 0 spiro atoms. The van der Waals surface area contributed by atoms with E-state index in [0.29, 0.717) is 11.8 Å². The Kier molecular flexibility index (Phi) is 11.7. The fourth-order valence-corrected chi connectivity index (χ4v) is 7.11. The van der Waals surface area contributed by atoms with E-state index in [1.807, 2.05) is 30.6 Å². The van der Waals surface area contributed by atoms with Crippen LogP contribution in [0.4, 0.5) is 0 Å². The normalized spacial score (nSPS) is 12.4. The zero-order chi connectivity index (χ0) is 35.6. The second-order valence-electron chi connectivity index (χ2n) is 15.7. The van der Waals surface area contributed by atoms with Crippen molar-refractivity contribution in [2.45, 2.75) is 72.5 Å². The molecule has 0 aliphatic heterocycles. The molecular formula is C46H48IrN2OSi-2. The van der Waals surface area contributed by atoms with Gasteiger partial charge in [-0.15, -0.1) is 53.6 Å². The van der Waals surface area contributed by atoms with E-state index in [0.717, 1.165) is 50.0 Å². The van der Waals surface area contributed by atoms with Crippen LogP contribution in [0.25, 0.3) is 55.6 Å². The number of benzene rings is 4. The molecule has 7 aromatic rings. The first-order valence-corrected chi connectivity index (χ1v) is 21.2. The zero-order valence-electron chi connectivity index (χ0n) is 31.3. The van der Waals surface area contributed by atoms with Crippen molar-refractivity contribution in [3.63, 3.8) is 0 Å². The molecule has 0 fully saturated rings. The van der Waals surface area contributed by atoms with Gasteiger partial charge in [-0.25, -0.2) is 0 Å². The number of rotatable bonds is 6. The van der Waals surface area contributed by atoms with Crippen molar-refractivity contribution in [3.05, 3.63) is 139 Å². The summed E-state index contributed by atoms with van der Waals surface area (Å²) in [6, 6.07) is 42.5. The minimum atomic E-state index is -1.27. The molecule has 7 rings (SSSR count). The molecule has 0 saturated carbocycles. The molecule has 51 heavy (non-hydrogen) atoms. The Balaban J connectivity index is 0.000000211. The summed E-state index contributed by atoms with van der Waals surface area (Å²) >= 11 is 0. The van der Waals surface area contributed by atoms with Crippen LogP contribution < -0.4 is 5.19 Å². The first-order chi connectivity index (χ1) is 23.8. The Hall–Kier alpha value is -4.15. The minimum Gasteiger partial charge on any atom is -0.501 e. The summed E-state index contributed by atoms with van der Waals surface area (Å²) in [5.41, 5.74) is 10.8. The van der Waals surface area contributed by atoms with E-state index in [9.17, 15) is 0 Å². The molecule has 4 aromatic carbocycles. The predicted molar refractivity (Wildman–Crippen MR) is 215 cm³/mol. The maximum atomic E-state index is 6.38. The molecule has 0 bridgehead atoms. The van der Waals surface area contributed by atoms with Crippen molar-refractivity contribution < 1.29 is 24.5 Å². The smallest absolute Gasteiger partial charge is 0.121 e. The van der Waals surface area contributed by atoms with Crippen molar-refractivity contribution in [1.29, 1.82) is 0 Å². The maximum Gasteiger partial charge on any atom is 0.121 e. The Labute approximate surface area is 319 Å². The molecule has 1 radical (unpaired) electrons. The second kappa shape index (κ2) is 15.6. The molecular weight excluding hydrogens is 817 g/mol. The summed E-state index contributed by atoms with van der Waals surface area (Å²) in [6.07, 6.45) is 3.94. The van der Waals surface area contributed by atoms with Gasteiger partial charge in [-0.3, -0.25) is 0 Å². The van der Waals surface area contributed by atoms with Gasteiger partial charge in [0.25, 0.3) is 0 Å². The predicted octanol–water partition coefficient (Wildman–Crippen LogP) is 12.3. The van der Waals surface area contributed by atoms with E-state index in [-0.39, 0.29) is 25.5 Å². The van der Waals surface area contributed by atoms with Crippen LogP contribution in [-0.4, -0.2) is 18.0 Å². The Morgan fingerprint density at radius 1 is 0.706 bits per heavy atom. The molecule has 3 nitrogen and oxygen atoms in total. The van der Waals surface area contributed by atoms with E-state index in [2.05, 4.69) is 168 Å². The molecule has 0 aliphatic carbocycles. The third-order valence-electron chi connectivity index (χ3n) is 9.68. The van der Waals surface area contributed by atoms with E-state index < -0.39 is 8.07 Å². The van der Waals surface area contributed by atoms with Crippen molar-refractivity contribution in [2.24, 2.45) is 5.92 Å². The summed E-state index contributed by atoms with van der Waals surface area (Å²) in [4.78, 5) is 9.29. The van der Waals surface area contributed by atoms with Crippen molar-refractivity contribution in [1.82, 2.24) is 9.97 Å². The summed E-state index contributed by atoms with van der Waals surface area (Å²) in [5.74, 6) is 1.04. The van der Waals surface area contributed by atoms with Crippen LogP contribution in [0.15, 0.2) is 120 Å². The number of hydrogen-bond donors (Lipinski definition) is 0. The number of hydrogen-bond acceptors (Lipinski definition) is 3. The van der Waals surface area contributed by atoms with Gasteiger partial charge < -0.3 is 14.4 Å². The summed E-state index contributed by atoms with van der Waals surface area (Å²) in [6.45, 7) is 20.5. The molecule has 3 heterocycles. The largest absolute Gasteiger partial charge is 0.501 e. The third kappa shape index (κ3) is 8.67.